The highest BCUT2D eigenvalue weighted by atomic mass is 32.2. The number of rotatable bonds is 7. The molecule has 1 aliphatic heterocycles. The molecular formula is C14H25N3O2S. The highest BCUT2D eigenvalue weighted by Crippen LogP contribution is 2.29. The van der Waals surface area contributed by atoms with Crippen LogP contribution in [0.2, 0.25) is 0 Å². The molecule has 1 aliphatic rings. The van der Waals surface area contributed by atoms with Crippen molar-refractivity contribution in [3.8, 4) is 0 Å². The van der Waals surface area contributed by atoms with Gasteiger partial charge in [-0.25, -0.2) is 8.42 Å². The zero-order chi connectivity index (χ0) is 14.6. The van der Waals surface area contributed by atoms with Crippen molar-refractivity contribution in [2.75, 3.05) is 18.1 Å². The van der Waals surface area contributed by atoms with Crippen LogP contribution in [0.3, 0.4) is 0 Å². The van der Waals surface area contributed by atoms with Gasteiger partial charge in [0.2, 0.25) is 0 Å². The molecule has 2 unspecified atom stereocenters. The number of nitrogens with zero attached hydrogens (tertiary/aromatic N) is 2. The van der Waals surface area contributed by atoms with Crippen LogP contribution in [0, 0.1) is 5.92 Å². The minimum Gasteiger partial charge on any atom is -0.309 e. The van der Waals surface area contributed by atoms with Gasteiger partial charge in [0.25, 0.3) is 0 Å². The largest absolute Gasteiger partial charge is 0.309 e. The summed E-state index contributed by atoms with van der Waals surface area (Å²) in [5, 5.41) is 7.85. The Balaban J connectivity index is 2.08. The molecule has 6 heteroatoms. The summed E-state index contributed by atoms with van der Waals surface area (Å²) in [5.41, 5.74) is 1.18. The molecule has 2 rings (SSSR count). The average molecular weight is 299 g/mol. The fourth-order valence-electron chi connectivity index (χ4n) is 2.98. The van der Waals surface area contributed by atoms with E-state index >= 15 is 0 Å². The molecular weight excluding hydrogens is 274 g/mol. The quantitative estimate of drug-likeness (QED) is 0.833. The summed E-state index contributed by atoms with van der Waals surface area (Å²) < 4.78 is 25.2. The first-order valence-corrected chi connectivity index (χ1v) is 9.33. The predicted molar refractivity (Wildman–Crippen MR) is 80.3 cm³/mol. The maximum absolute atomic E-state index is 11.6. The van der Waals surface area contributed by atoms with Gasteiger partial charge in [0.15, 0.2) is 9.84 Å². The van der Waals surface area contributed by atoms with E-state index in [4.69, 9.17) is 0 Å². The molecule has 0 spiro atoms. The van der Waals surface area contributed by atoms with E-state index in [0.717, 1.165) is 32.4 Å². The number of aryl methyl sites for hydroxylation is 1. The second-order valence-corrected chi connectivity index (χ2v) is 7.82. The highest BCUT2D eigenvalue weighted by molar-refractivity contribution is 7.91. The van der Waals surface area contributed by atoms with Crippen LogP contribution >= 0.6 is 0 Å². The number of hydrogen-bond donors (Lipinski definition) is 1. The van der Waals surface area contributed by atoms with E-state index in [1.165, 1.54) is 5.69 Å². The fraction of sp³-hybridized carbons (Fsp3) is 0.786. The van der Waals surface area contributed by atoms with Crippen molar-refractivity contribution in [2.24, 2.45) is 5.92 Å². The van der Waals surface area contributed by atoms with E-state index in [1.807, 2.05) is 16.9 Å². The molecule has 1 saturated heterocycles. The summed E-state index contributed by atoms with van der Waals surface area (Å²) in [6.45, 7) is 6.00. The molecule has 1 aromatic heterocycles. The third-order valence-corrected chi connectivity index (χ3v) is 5.73. The first-order chi connectivity index (χ1) is 9.55. The van der Waals surface area contributed by atoms with Crippen LogP contribution in [0.5, 0.6) is 0 Å². The maximum atomic E-state index is 11.6. The van der Waals surface area contributed by atoms with E-state index in [9.17, 15) is 8.42 Å². The van der Waals surface area contributed by atoms with E-state index < -0.39 is 9.84 Å². The van der Waals surface area contributed by atoms with Gasteiger partial charge in [0.05, 0.1) is 17.2 Å². The summed E-state index contributed by atoms with van der Waals surface area (Å²) in [4.78, 5) is 0. The molecule has 1 aromatic rings. The first-order valence-electron chi connectivity index (χ1n) is 7.51. The Kier molecular flexibility index (Phi) is 5.21. The minimum atomic E-state index is -2.80. The summed E-state index contributed by atoms with van der Waals surface area (Å²) in [5.74, 6) is 0.968. The Morgan fingerprint density at radius 1 is 1.50 bits per heavy atom. The van der Waals surface area contributed by atoms with Crippen molar-refractivity contribution in [1.29, 1.82) is 0 Å². The van der Waals surface area contributed by atoms with Crippen LogP contribution in [0.15, 0.2) is 12.3 Å². The molecule has 2 atom stereocenters. The molecule has 0 aromatic carbocycles. The van der Waals surface area contributed by atoms with E-state index in [-0.39, 0.29) is 12.0 Å². The molecule has 114 valence electrons. The zero-order valence-corrected chi connectivity index (χ0v) is 13.2. The Hall–Kier alpha value is -0.880. The second kappa shape index (κ2) is 6.72. The molecule has 0 radical (unpaired) electrons. The van der Waals surface area contributed by atoms with Gasteiger partial charge in [-0.05, 0) is 37.8 Å². The van der Waals surface area contributed by atoms with Crippen LogP contribution in [-0.2, 0) is 16.4 Å². The highest BCUT2D eigenvalue weighted by Gasteiger charge is 2.30. The second-order valence-electron chi connectivity index (χ2n) is 5.59. The van der Waals surface area contributed by atoms with Crippen LogP contribution in [0.4, 0.5) is 0 Å². The van der Waals surface area contributed by atoms with E-state index in [2.05, 4.69) is 24.3 Å². The van der Waals surface area contributed by atoms with Crippen molar-refractivity contribution in [3.05, 3.63) is 18.0 Å². The fourth-order valence-corrected chi connectivity index (χ4v) is 4.86. The van der Waals surface area contributed by atoms with Gasteiger partial charge in [0, 0.05) is 18.8 Å². The molecule has 1 fully saturated rings. The first kappa shape index (κ1) is 15.5. The smallest absolute Gasteiger partial charge is 0.150 e. The number of nitrogens with one attached hydrogen (secondary N) is 1. The van der Waals surface area contributed by atoms with Crippen molar-refractivity contribution in [1.82, 2.24) is 15.1 Å². The molecule has 0 amide bonds. The molecule has 0 bridgehead atoms. The van der Waals surface area contributed by atoms with Gasteiger partial charge in [-0.2, -0.15) is 5.10 Å². The minimum absolute atomic E-state index is 0.201. The van der Waals surface area contributed by atoms with Gasteiger partial charge in [0.1, 0.15) is 0 Å². The lowest BCUT2D eigenvalue weighted by Crippen LogP contribution is -2.26. The van der Waals surface area contributed by atoms with Gasteiger partial charge in [-0.1, -0.05) is 13.8 Å². The van der Waals surface area contributed by atoms with E-state index in [1.54, 1.807) is 0 Å². The summed E-state index contributed by atoms with van der Waals surface area (Å²) in [6.07, 6.45) is 4.56. The normalized spacial score (nSPS) is 23.0. The zero-order valence-electron chi connectivity index (χ0n) is 12.4. The van der Waals surface area contributed by atoms with Crippen LogP contribution in [0.1, 0.15) is 44.8 Å². The third-order valence-electron chi connectivity index (χ3n) is 3.89. The monoisotopic (exact) mass is 299 g/mol. The third kappa shape index (κ3) is 3.82. The standard InChI is InChI=1S/C14H25N3O2S/c1-3-8-17-14(5-7-16-17)13(15-4-2)10-12-6-9-20(18,19)11-12/h5,7,12-13,15H,3-4,6,8-11H2,1-2H3. The van der Waals surface area contributed by atoms with Gasteiger partial charge < -0.3 is 5.32 Å². The lowest BCUT2D eigenvalue weighted by molar-refractivity contribution is 0.395. The Labute approximate surface area is 121 Å². The molecule has 20 heavy (non-hydrogen) atoms. The molecule has 5 nitrogen and oxygen atoms in total. The van der Waals surface area contributed by atoms with Gasteiger partial charge >= 0.3 is 0 Å². The van der Waals surface area contributed by atoms with Crippen LogP contribution < -0.4 is 5.32 Å². The van der Waals surface area contributed by atoms with Crippen molar-refractivity contribution >= 4 is 9.84 Å². The Morgan fingerprint density at radius 3 is 2.90 bits per heavy atom. The average Bonchev–Trinajstić information content (AvgIpc) is 2.96. The van der Waals surface area contributed by atoms with E-state index in [0.29, 0.717) is 11.5 Å². The topological polar surface area (TPSA) is 64.0 Å². The SMILES string of the molecule is CCCn1nccc1C(CC1CCS(=O)(=O)C1)NCC. The maximum Gasteiger partial charge on any atom is 0.150 e. The Bertz CT molecular complexity index is 524. The summed E-state index contributed by atoms with van der Waals surface area (Å²) in [6, 6.07) is 2.25. The summed E-state index contributed by atoms with van der Waals surface area (Å²) >= 11 is 0. The molecule has 2 heterocycles. The molecule has 1 N–H and O–H groups in total. The van der Waals surface area contributed by atoms with Crippen molar-refractivity contribution in [3.63, 3.8) is 0 Å². The van der Waals surface area contributed by atoms with Crippen molar-refractivity contribution in [2.45, 2.75) is 45.7 Å². The lowest BCUT2D eigenvalue weighted by atomic mass is 9.97. The van der Waals surface area contributed by atoms with Crippen LogP contribution in [-0.4, -0.2) is 36.2 Å². The number of hydrogen-bond acceptors (Lipinski definition) is 4. The molecule has 0 aliphatic carbocycles. The molecule has 0 saturated carbocycles. The number of sulfone groups is 1. The Morgan fingerprint density at radius 2 is 2.30 bits per heavy atom. The van der Waals surface area contributed by atoms with Gasteiger partial charge in [-0.3, -0.25) is 4.68 Å². The number of aromatic nitrogens is 2. The summed E-state index contributed by atoms with van der Waals surface area (Å²) in [7, 11) is -2.80. The van der Waals surface area contributed by atoms with Crippen molar-refractivity contribution < 1.29 is 8.42 Å². The van der Waals surface area contributed by atoms with Gasteiger partial charge in [-0.15, -0.1) is 0 Å². The lowest BCUT2D eigenvalue weighted by Gasteiger charge is -2.22. The van der Waals surface area contributed by atoms with Crippen LogP contribution in [0.25, 0.3) is 0 Å². The predicted octanol–water partition coefficient (Wildman–Crippen LogP) is 1.77.